The van der Waals surface area contributed by atoms with Gasteiger partial charge in [0.15, 0.2) is 0 Å². The van der Waals surface area contributed by atoms with Gasteiger partial charge in [-0.2, -0.15) is 0 Å². The number of benzene rings is 1. The van der Waals surface area contributed by atoms with E-state index in [1.807, 2.05) is 19.1 Å². The topological polar surface area (TPSA) is 21.3 Å². The van der Waals surface area contributed by atoms with E-state index in [-0.39, 0.29) is 11.9 Å². The van der Waals surface area contributed by atoms with Crippen molar-refractivity contribution in [2.75, 3.05) is 0 Å². The van der Waals surface area contributed by atoms with Crippen molar-refractivity contribution >= 4 is 0 Å². The summed E-state index contributed by atoms with van der Waals surface area (Å²) in [6.07, 6.45) is 4.84. The fourth-order valence-electron chi connectivity index (χ4n) is 2.12. The lowest BCUT2D eigenvalue weighted by Crippen LogP contribution is -2.15. The van der Waals surface area contributed by atoms with Gasteiger partial charge in [-0.15, -0.1) is 0 Å². The van der Waals surface area contributed by atoms with Crippen molar-refractivity contribution in [1.29, 1.82) is 0 Å². The largest absolute Gasteiger partial charge is 0.374 e. The summed E-state index contributed by atoms with van der Waals surface area (Å²) in [6.45, 7) is 5.36. The first-order valence-corrected chi connectivity index (χ1v) is 7.31. The molecule has 106 valence electrons. The second-order valence-corrected chi connectivity index (χ2v) is 5.49. The molecule has 1 aliphatic carbocycles. The van der Waals surface area contributed by atoms with Crippen molar-refractivity contribution < 1.29 is 9.13 Å². The predicted octanol–water partition coefficient (Wildman–Crippen LogP) is 3.78. The van der Waals surface area contributed by atoms with Gasteiger partial charge in [0.2, 0.25) is 0 Å². The second-order valence-electron chi connectivity index (χ2n) is 5.49. The fourth-order valence-corrected chi connectivity index (χ4v) is 2.12. The second kappa shape index (κ2) is 7.01. The Morgan fingerprint density at radius 3 is 2.89 bits per heavy atom. The molecule has 0 heterocycles. The van der Waals surface area contributed by atoms with Crippen LogP contribution in [0.4, 0.5) is 4.39 Å². The molecule has 0 radical (unpaired) electrons. The lowest BCUT2D eigenvalue weighted by Gasteiger charge is -2.13. The van der Waals surface area contributed by atoms with Crippen LogP contribution in [0.5, 0.6) is 0 Å². The SMILES string of the molecule is CCCC(C)OCc1cc(CNC2CC2)ccc1F. The monoisotopic (exact) mass is 265 g/mol. The Morgan fingerprint density at radius 2 is 2.21 bits per heavy atom. The highest BCUT2D eigenvalue weighted by atomic mass is 19.1. The highest BCUT2D eigenvalue weighted by Gasteiger charge is 2.20. The zero-order valence-electron chi connectivity index (χ0n) is 11.9. The highest BCUT2D eigenvalue weighted by molar-refractivity contribution is 5.24. The van der Waals surface area contributed by atoms with E-state index >= 15 is 0 Å². The number of ether oxygens (including phenoxy) is 1. The maximum absolute atomic E-state index is 13.7. The molecule has 1 unspecified atom stereocenters. The zero-order chi connectivity index (χ0) is 13.7. The summed E-state index contributed by atoms with van der Waals surface area (Å²) >= 11 is 0. The smallest absolute Gasteiger partial charge is 0.128 e. The molecule has 1 aliphatic rings. The number of hydrogen-bond donors (Lipinski definition) is 1. The average molecular weight is 265 g/mol. The van der Waals surface area contributed by atoms with Gasteiger partial charge in [-0.3, -0.25) is 0 Å². The molecular formula is C16H24FNO. The van der Waals surface area contributed by atoms with Crippen molar-refractivity contribution in [1.82, 2.24) is 5.32 Å². The third-order valence-electron chi connectivity index (χ3n) is 3.50. The van der Waals surface area contributed by atoms with E-state index in [1.165, 1.54) is 12.8 Å². The normalized spacial score (nSPS) is 16.6. The Labute approximate surface area is 115 Å². The number of nitrogens with one attached hydrogen (secondary N) is 1. The van der Waals surface area contributed by atoms with E-state index in [4.69, 9.17) is 4.74 Å². The van der Waals surface area contributed by atoms with E-state index < -0.39 is 0 Å². The summed E-state index contributed by atoms with van der Waals surface area (Å²) in [4.78, 5) is 0. The maximum atomic E-state index is 13.7. The summed E-state index contributed by atoms with van der Waals surface area (Å²) in [7, 11) is 0. The van der Waals surface area contributed by atoms with Crippen LogP contribution in [0, 0.1) is 5.82 Å². The highest BCUT2D eigenvalue weighted by Crippen LogP contribution is 2.20. The summed E-state index contributed by atoms with van der Waals surface area (Å²) < 4.78 is 19.4. The van der Waals surface area contributed by atoms with Gasteiger partial charge in [0.1, 0.15) is 5.82 Å². The van der Waals surface area contributed by atoms with Crippen LogP contribution in [0.1, 0.15) is 50.7 Å². The van der Waals surface area contributed by atoms with Crippen molar-refractivity contribution in [2.24, 2.45) is 0 Å². The molecule has 0 saturated heterocycles. The number of halogens is 1. The van der Waals surface area contributed by atoms with E-state index in [2.05, 4.69) is 12.2 Å². The Morgan fingerprint density at radius 1 is 1.42 bits per heavy atom. The molecule has 19 heavy (non-hydrogen) atoms. The van der Waals surface area contributed by atoms with Gasteiger partial charge in [-0.25, -0.2) is 4.39 Å². The summed E-state index contributed by atoms with van der Waals surface area (Å²) in [5.41, 5.74) is 1.80. The summed E-state index contributed by atoms with van der Waals surface area (Å²) in [6, 6.07) is 5.99. The van der Waals surface area contributed by atoms with Crippen molar-refractivity contribution in [3.05, 3.63) is 35.1 Å². The molecule has 2 nitrogen and oxygen atoms in total. The van der Waals surface area contributed by atoms with Gasteiger partial charge in [-0.1, -0.05) is 19.4 Å². The van der Waals surface area contributed by atoms with Crippen LogP contribution in [0.15, 0.2) is 18.2 Å². The van der Waals surface area contributed by atoms with Gasteiger partial charge in [0.05, 0.1) is 12.7 Å². The summed E-state index contributed by atoms with van der Waals surface area (Å²) in [5, 5.41) is 3.44. The predicted molar refractivity (Wildman–Crippen MR) is 75.4 cm³/mol. The van der Waals surface area contributed by atoms with Crippen LogP contribution in [-0.4, -0.2) is 12.1 Å². The Kier molecular flexibility index (Phi) is 5.34. The van der Waals surface area contributed by atoms with Crippen LogP contribution >= 0.6 is 0 Å². The molecule has 0 aromatic heterocycles. The van der Waals surface area contributed by atoms with Gasteiger partial charge in [0, 0.05) is 18.2 Å². The lowest BCUT2D eigenvalue weighted by atomic mass is 10.1. The minimum absolute atomic E-state index is 0.168. The van der Waals surface area contributed by atoms with Crippen molar-refractivity contribution in [3.63, 3.8) is 0 Å². The third-order valence-corrected chi connectivity index (χ3v) is 3.50. The van der Waals surface area contributed by atoms with E-state index in [9.17, 15) is 4.39 Å². The van der Waals surface area contributed by atoms with E-state index in [1.54, 1.807) is 6.07 Å². The molecule has 0 aliphatic heterocycles. The molecule has 0 bridgehead atoms. The molecule has 1 fully saturated rings. The molecule has 1 aromatic rings. The van der Waals surface area contributed by atoms with E-state index in [0.717, 1.165) is 24.9 Å². The first-order valence-electron chi connectivity index (χ1n) is 7.31. The molecule has 1 atom stereocenters. The first-order chi connectivity index (χ1) is 9.19. The molecule has 2 rings (SSSR count). The zero-order valence-corrected chi connectivity index (χ0v) is 11.9. The molecule has 1 aromatic carbocycles. The molecule has 0 spiro atoms. The molecule has 1 N–H and O–H groups in total. The molecule has 1 saturated carbocycles. The van der Waals surface area contributed by atoms with Crippen LogP contribution in [0.3, 0.4) is 0 Å². The molecular weight excluding hydrogens is 241 g/mol. The minimum atomic E-state index is -0.168. The first kappa shape index (κ1) is 14.5. The van der Waals surface area contributed by atoms with Gasteiger partial charge < -0.3 is 10.1 Å². The Bertz CT molecular complexity index is 404. The lowest BCUT2D eigenvalue weighted by molar-refractivity contribution is 0.0455. The average Bonchev–Trinajstić information content (AvgIpc) is 3.20. The van der Waals surface area contributed by atoms with Crippen LogP contribution in [0.25, 0.3) is 0 Å². The van der Waals surface area contributed by atoms with Crippen molar-refractivity contribution in [3.8, 4) is 0 Å². The minimum Gasteiger partial charge on any atom is -0.374 e. The standard InChI is InChI=1S/C16H24FNO/c1-3-4-12(2)19-11-14-9-13(5-8-16(14)17)10-18-15-6-7-15/h5,8-9,12,15,18H,3-4,6-7,10-11H2,1-2H3. The van der Waals surface area contributed by atoms with Crippen LogP contribution < -0.4 is 5.32 Å². The quantitative estimate of drug-likeness (QED) is 0.772. The molecule has 3 heteroatoms. The van der Waals surface area contributed by atoms with Crippen LogP contribution in [-0.2, 0) is 17.9 Å². The van der Waals surface area contributed by atoms with Gasteiger partial charge in [0.25, 0.3) is 0 Å². The molecule has 0 amide bonds. The van der Waals surface area contributed by atoms with Crippen LogP contribution in [0.2, 0.25) is 0 Å². The van der Waals surface area contributed by atoms with E-state index in [0.29, 0.717) is 18.2 Å². The Hall–Kier alpha value is -0.930. The van der Waals surface area contributed by atoms with Gasteiger partial charge in [-0.05, 0) is 43.9 Å². The van der Waals surface area contributed by atoms with Gasteiger partial charge >= 0.3 is 0 Å². The number of rotatable bonds is 8. The summed E-state index contributed by atoms with van der Waals surface area (Å²) in [5.74, 6) is -0.168. The number of hydrogen-bond acceptors (Lipinski definition) is 2. The van der Waals surface area contributed by atoms with Crippen molar-refractivity contribution in [2.45, 2.75) is 64.8 Å². The maximum Gasteiger partial charge on any atom is 0.128 e. The third kappa shape index (κ3) is 4.92. The Balaban J connectivity index is 1.88. The fraction of sp³-hybridized carbons (Fsp3) is 0.625.